The predicted molar refractivity (Wildman–Crippen MR) is 36.1 cm³/mol. The Morgan fingerprint density at radius 2 is 1.89 bits per heavy atom. The first-order valence-corrected chi connectivity index (χ1v) is 3.07. The summed E-state index contributed by atoms with van der Waals surface area (Å²) in [6.45, 7) is 2.89. The van der Waals surface area contributed by atoms with Crippen LogP contribution in [0.1, 0.15) is 26.2 Å². The first-order chi connectivity index (χ1) is 3.91. The molecule has 0 aliphatic heterocycles. The third-order valence-electron chi connectivity index (χ3n) is 0.949. The van der Waals surface area contributed by atoms with Gasteiger partial charge in [0.25, 0.3) is 0 Å². The van der Waals surface area contributed by atoms with E-state index in [1.807, 2.05) is 0 Å². The molecule has 0 rings (SSSR count). The Bertz CT molecular complexity index is 33.3. The van der Waals surface area contributed by atoms with Crippen molar-refractivity contribution < 1.29 is 15.3 Å². The summed E-state index contributed by atoms with van der Waals surface area (Å²) in [6.07, 6.45) is 3.56. The van der Waals surface area contributed by atoms with Gasteiger partial charge in [-0.15, -0.1) is 0 Å². The van der Waals surface area contributed by atoms with Gasteiger partial charge in [-0.25, -0.2) is 9.78 Å². The van der Waals surface area contributed by atoms with Crippen LogP contribution in [0, 0.1) is 0 Å². The maximum atomic E-state index is 4.64. The quantitative estimate of drug-likeness (QED) is 0.320. The summed E-state index contributed by atoms with van der Waals surface area (Å²) in [6, 6.07) is 0. The third-order valence-corrected chi connectivity index (χ3v) is 0.949. The van der Waals surface area contributed by atoms with Crippen LogP contribution in [0.15, 0.2) is 0 Å². The summed E-state index contributed by atoms with van der Waals surface area (Å²) in [4.78, 5) is 9.02. The average molecular weight is 136 g/mol. The number of hydrogen-bond acceptors (Lipinski definition) is 2. The Labute approximate surface area is 56.2 Å². The molecule has 0 saturated heterocycles. The first-order valence-electron chi connectivity index (χ1n) is 3.07. The van der Waals surface area contributed by atoms with Gasteiger partial charge in [0.15, 0.2) is 0 Å². The van der Waals surface area contributed by atoms with Crippen LogP contribution in [0.3, 0.4) is 0 Å². The predicted octanol–water partition coefficient (Wildman–Crippen LogP) is 0.930. The molecule has 58 valence electrons. The van der Waals surface area contributed by atoms with Gasteiger partial charge in [0.1, 0.15) is 0 Å². The molecule has 0 aromatic rings. The third kappa shape index (κ3) is 11.4. The fraction of sp³-hybridized carbons (Fsp3) is 1.00. The van der Waals surface area contributed by atoms with Gasteiger partial charge < -0.3 is 5.48 Å². The van der Waals surface area contributed by atoms with Crippen molar-refractivity contribution in [3.63, 3.8) is 0 Å². The van der Waals surface area contributed by atoms with E-state index in [2.05, 4.69) is 16.7 Å². The minimum Gasteiger partial charge on any atom is -0.412 e. The topological polar surface area (TPSA) is 50.0 Å². The summed E-state index contributed by atoms with van der Waals surface area (Å²) in [5.74, 6) is 0. The smallest absolute Gasteiger partial charge is 0.0822 e. The molecule has 0 bridgehead atoms. The van der Waals surface area contributed by atoms with Gasteiger partial charge in [0, 0.05) is 0 Å². The minimum atomic E-state index is 0. The second-order valence-corrected chi connectivity index (χ2v) is 1.70. The van der Waals surface area contributed by atoms with Crippen LogP contribution in [-0.4, -0.2) is 19.2 Å². The zero-order valence-corrected chi connectivity index (χ0v) is 6.14. The molecule has 0 aliphatic rings. The van der Waals surface area contributed by atoms with Crippen LogP contribution in [0.5, 0.6) is 0 Å². The molecule has 0 saturated carbocycles. The van der Waals surface area contributed by atoms with E-state index >= 15 is 0 Å². The summed E-state index contributed by atoms with van der Waals surface area (Å²) in [5, 5.41) is 0. The van der Waals surface area contributed by atoms with Crippen LogP contribution < -0.4 is 0 Å². The number of unbranched alkanes of at least 4 members (excludes halogenated alkanes) is 2. The van der Waals surface area contributed by atoms with Crippen molar-refractivity contribution >= 4 is 0 Å². The van der Waals surface area contributed by atoms with Gasteiger partial charge in [-0.2, -0.15) is 0 Å². The largest absolute Gasteiger partial charge is 0.412 e. The molecular formula is C6H16O3. The second-order valence-electron chi connectivity index (χ2n) is 1.70. The molecule has 0 unspecified atom stereocenters. The summed E-state index contributed by atoms with van der Waals surface area (Å²) in [7, 11) is 1.53. The van der Waals surface area contributed by atoms with Crippen LogP contribution in [-0.2, 0) is 9.78 Å². The summed E-state index contributed by atoms with van der Waals surface area (Å²) < 4.78 is 0. The molecule has 9 heavy (non-hydrogen) atoms. The molecule has 0 aromatic heterocycles. The molecule has 0 fully saturated rings. The lowest BCUT2D eigenvalue weighted by molar-refractivity contribution is -0.272. The monoisotopic (exact) mass is 136 g/mol. The van der Waals surface area contributed by atoms with Gasteiger partial charge in [-0.1, -0.05) is 19.8 Å². The van der Waals surface area contributed by atoms with Crippen LogP contribution in [0.2, 0.25) is 0 Å². The highest BCUT2D eigenvalue weighted by Gasteiger charge is 1.83. The van der Waals surface area contributed by atoms with Crippen molar-refractivity contribution in [2.24, 2.45) is 0 Å². The van der Waals surface area contributed by atoms with E-state index in [1.54, 1.807) is 0 Å². The maximum Gasteiger partial charge on any atom is 0.0822 e. The van der Waals surface area contributed by atoms with Gasteiger partial charge in [0.2, 0.25) is 0 Å². The maximum absolute atomic E-state index is 4.64. The molecule has 0 heterocycles. The Morgan fingerprint density at radius 3 is 2.33 bits per heavy atom. The van der Waals surface area contributed by atoms with E-state index in [0.29, 0.717) is 0 Å². The lowest BCUT2D eigenvalue weighted by atomic mass is 10.3. The molecule has 0 spiro atoms. The highest BCUT2D eigenvalue weighted by Crippen LogP contribution is 1.92. The molecule has 0 aliphatic carbocycles. The molecule has 2 N–H and O–H groups in total. The van der Waals surface area contributed by atoms with Crippen molar-refractivity contribution in [1.82, 2.24) is 0 Å². The van der Waals surface area contributed by atoms with E-state index < -0.39 is 0 Å². The van der Waals surface area contributed by atoms with Crippen molar-refractivity contribution in [2.45, 2.75) is 26.2 Å². The molecule has 0 atom stereocenters. The van der Waals surface area contributed by atoms with Crippen molar-refractivity contribution in [1.29, 1.82) is 0 Å². The highest BCUT2D eigenvalue weighted by atomic mass is 17.2. The molecule has 3 nitrogen and oxygen atoms in total. The SMILES string of the molecule is CCCCCOOC.O. The molecular weight excluding hydrogens is 120 g/mol. The molecule has 3 heteroatoms. The van der Waals surface area contributed by atoms with E-state index in [0.717, 1.165) is 13.0 Å². The Kier molecular flexibility index (Phi) is 14.0. The van der Waals surface area contributed by atoms with Gasteiger partial charge >= 0.3 is 0 Å². The average Bonchev–Trinajstić information content (AvgIpc) is 1.81. The zero-order chi connectivity index (χ0) is 6.24. The number of rotatable bonds is 5. The van der Waals surface area contributed by atoms with Crippen molar-refractivity contribution in [2.75, 3.05) is 13.7 Å². The van der Waals surface area contributed by atoms with Crippen LogP contribution in [0.25, 0.3) is 0 Å². The minimum absolute atomic E-state index is 0. The van der Waals surface area contributed by atoms with Crippen LogP contribution in [0.4, 0.5) is 0 Å². The standard InChI is InChI=1S/C6H14O2.H2O/c1-3-4-5-6-8-7-2;/h3-6H2,1-2H3;1H2. The molecule has 0 amide bonds. The number of hydrogen-bond donors (Lipinski definition) is 0. The van der Waals surface area contributed by atoms with Crippen molar-refractivity contribution in [3.8, 4) is 0 Å². The Morgan fingerprint density at radius 1 is 1.22 bits per heavy atom. The normalized spacial score (nSPS) is 8.67. The summed E-state index contributed by atoms with van der Waals surface area (Å²) in [5.41, 5.74) is 0. The lowest BCUT2D eigenvalue weighted by Gasteiger charge is -1.95. The lowest BCUT2D eigenvalue weighted by Crippen LogP contribution is -1.91. The highest BCUT2D eigenvalue weighted by molar-refractivity contribution is 4.32. The summed E-state index contributed by atoms with van der Waals surface area (Å²) >= 11 is 0. The van der Waals surface area contributed by atoms with E-state index in [1.165, 1.54) is 20.0 Å². The fourth-order valence-corrected chi connectivity index (χ4v) is 0.494. The second kappa shape index (κ2) is 10.8. The van der Waals surface area contributed by atoms with E-state index in [4.69, 9.17) is 0 Å². The van der Waals surface area contributed by atoms with Gasteiger partial charge in [-0.3, -0.25) is 0 Å². The zero-order valence-electron chi connectivity index (χ0n) is 6.14. The fourth-order valence-electron chi connectivity index (χ4n) is 0.494. The van der Waals surface area contributed by atoms with E-state index in [-0.39, 0.29) is 5.48 Å². The van der Waals surface area contributed by atoms with Gasteiger partial charge in [-0.05, 0) is 6.42 Å². The van der Waals surface area contributed by atoms with Gasteiger partial charge in [0.05, 0.1) is 13.7 Å². The first kappa shape index (κ1) is 11.6. The molecule has 0 aromatic carbocycles. The van der Waals surface area contributed by atoms with Crippen molar-refractivity contribution in [3.05, 3.63) is 0 Å². The Hall–Kier alpha value is -0.120. The van der Waals surface area contributed by atoms with Crippen LogP contribution >= 0.6 is 0 Å². The van der Waals surface area contributed by atoms with E-state index in [9.17, 15) is 0 Å². The Balaban J connectivity index is 0. The molecule has 0 radical (unpaired) electrons.